The van der Waals surface area contributed by atoms with Crippen LogP contribution in [0.25, 0.3) is 0 Å². The van der Waals surface area contributed by atoms with Crippen LogP contribution in [0.5, 0.6) is 0 Å². The van der Waals surface area contributed by atoms with E-state index in [1.807, 2.05) is 5.32 Å². The number of carbonyl (C=O) groups excluding carboxylic acids is 1. The van der Waals surface area contributed by atoms with Crippen LogP contribution in [-0.4, -0.2) is 40.5 Å². The molecule has 0 radical (unpaired) electrons. The number of thioether (sulfide) groups is 1. The molecule has 1 aromatic carbocycles. The van der Waals surface area contributed by atoms with Crippen molar-refractivity contribution in [3.05, 3.63) is 29.8 Å². The Morgan fingerprint density at radius 3 is 2.47 bits per heavy atom. The van der Waals surface area contributed by atoms with E-state index in [0.717, 1.165) is 0 Å². The van der Waals surface area contributed by atoms with Gasteiger partial charge >= 0.3 is 5.97 Å². The zero-order valence-electron chi connectivity index (χ0n) is 9.55. The van der Waals surface area contributed by atoms with Gasteiger partial charge in [-0.25, -0.2) is 4.79 Å². The average molecular weight is 291 g/mol. The zero-order chi connectivity index (χ0) is 14.4. The number of rotatable bonds is 6. The van der Waals surface area contributed by atoms with E-state index in [1.165, 1.54) is 24.3 Å². The van der Waals surface area contributed by atoms with Gasteiger partial charge in [-0.15, -0.1) is 0 Å². The van der Waals surface area contributed by atoms with Crippen LogP contribution >= 0.6 is 11.8 Å². The molecule has 0 aliphatic rings. The van der Waals surface area contributed by atoms with Crippen molar-refractivity contribution >= 4 is 23.6 Å². The van der Waals surface area contributed by atoms with Gasteiger partial charge in [0.2, 0.25) is 0 Å². The highest BCUT2D eigenvalue weighted by molar-refractivity contribution is 7.99. The smallest absolute Gasteiger partial charge is 0.328 e. The lowest BCUT2D eigenvalue weighted by Gasteiger charge is -2.13. The topological polar surface area (TPSA) is 86.6 Å². The molecule has 1 aromatic rings. The maximum absolute atomic E-state index is 12.3. The van der Waals surface area contributed by atoms with Crippen LogP contribution in [0.4, 0.5) is 8.78 Å². The van der Waals surface area contributed by atoms with Gasteiger partial charge in [-0.3, -0.25) is 4.79 Å². The second-order valence-corrected chi connectivity index (χ2v) is 4.45. The summed E-state index contributed by atoms with van der Waals surface area (Å²) in [6, 6.07) is 4.12. The van der Waals surface area contributed by atoms with Crippen molar-refractivity contribution in [3.63, 3.8) is 0 Å². The second kappa shape index (κ2) is 7.05. The fourth-order valence-electron chi connectivity index (χ4n) is 1.27. The molecule has 1 amide bonds. The van der Waals surface area contributed by atoms with Crippen molar-refractivity contribution < 1.29 is 28.6 Å². The number of hydrogen-bond donors (Lipinski definition) is 3. The molecule has 5 nitrogen and oxygen atoms in total. The van der Waals surface area contributed by atoms with Crippen molar-refractivity contribution in [2.75, 3.05) is 6.61 Å². The number of carboxylic acid groups (broad SMARTS) is 1. The molecule has 8 heteroatoms. The molecule has 0 heterocycles. The lowest BCUT2D eigenvalue weighted by atomic mass is 10.2. The molecule has 3 N–H and O–H groups in total. The number of carboxylic acids is 1. The molecule has 0 saturated carbocycles. The number of alkyl halides is 2. The van der Waals surface area contributed by atoms with Gasteiger partial charge in [0, 0.05) is 4.90 Å². The Hall–Kier alpha value is -1.67. The highest BCUT2D eigenvalue weighted by Gasteiger charge is 2.22. The second-order valence-electron chi connectivity index (χ2n) is 3.42. The lowest BCUT2D eigenvalue weighted by molar-refractivity contribution is -0.140. The van der Waals surface area contributed by atoms with Crippen LogP contribution in [0.15, 0.2) is 29.2 Å². The first kappa shape index (κ1) is 15.4. The monoisotopic (exact) mass is 291 g/mol. The van der Waals surface area contributed by atoms with Crippen molar-refractivity contribution in [2.24, 2.45) is 0 Å². The van der Waals surface area contributed by atoms with E-state index in [-0.39, 0.29) is 22.2 Å². The normalized spacial score (nSPS) is 12.2. The first-order chi connectivity index (χ1) is 8.95. The molecule has 1 rings (SSSR count). The summed E-state index contributed by atoms with van der Waals surface area (Å²) >= 11 is 0.192. The lowest BCUT2D eigenvalue weighted by Crippen LogP contribution is -2.43. The Morgan fingerprint density at radius 2 is 1.95 bits per heavy atom. The number of nitrogens with one attached hydrogen (secondary N) is 1. The molecular formula is C11H11F2NO4S. The van der Waals surface area contributed by atoms with Crippen LogP contribution in [-0.2, 0) is 4.79 Å². The van der Waals surface area contributed by atoms with Crippen LogP contribution in [0.1, 0.15) is 10.4 Å². The summed E-state index contributed by atoms with van der Waals surface area (Å²) in [6.07, 6.45) is 0. The van der Waals surface area contributed by atoms with Crippen LogP contribution in [0.2, 0.25) is 0 Å². The SMILES string of the molecule is O=C(N[C@@H](CO)C(=O)O)c1ccccc1SC(F)F. The Morgan fingerprint density at radius 1 is 1.32 bits per heavy atom. The Bertz CT molecular complexity index is 470. The van der Waals surface area contributed by atoms with Gasteiger partial charge in [0.05, 0.1) is 12.2 Å². The molecule has 0 spiro atoms. The summed E-state index contributed by atoms with van der Waals surface area (Å²) in [6.45, 7) is -0.786. The maximum Gasteiger partial charge on any atom is 0.328 e. The Balaban J connectivity index is 2.90. The molecule has 1 atom stereocenters. The standard InChI is InChI=1S/C11H11F2NO4S/c12-11(13)19-8-4-2-1-3-6(8)9(16)14-7(5-15)10(17)18/h1-4,7,11,15H,5H2,(H,14,16)(H,17,18)/t7-/m0/s1. The summed E-state index contributed by atoms with van der Waals surface area (Å²) in [7, 11) is 0. The molecule has 0 saturated heterocycles. The summed E-state index contributed by atoms with van der Waals surface area (Å²) in [5.41, 5.74) is -0.0625. The van der Waals surface area contributed by atoms with Gasteiger partial charge in [0.15, 0.2) is 6.04 Å². The molecule has 104 valence electrons. The Labute approximate surface area is 111 Å². The third-order valence-electron chi connectivity index (χ3n) is 2.13. The summed E-state index contributed by atoms with van der Waals surface area (Å²) < 4.78 is 24.6. The van der Waals surface area contributed by atoms with Gasteiger partial charge in [-0.1, -0.05) is 23.9 Å². The van der Waals surface area contributed by atoms with E-state index in [4.69, 9.17) is 10.2 Å². The number of aliphatic hydroxyl groups excluding tert-OH is 1. The van der Waals surface area contributed by atoms with Crippen molar-refractivity contribution in [3.8, 4) is 0 Å². The molecule has 0 unspecified atom stereocenters. The molecule has 19 heavy (non-hydrogen) atoms. The van der Waals surface area contributed by atoms with E-state index in [9.17, 15) is 18.4 Å². The minimum absolute atomic E-state index is 0.0390. The van der Waals surface area contributed by atoms with E-state index in [2.05, 4.69) is 0 Å². The van der Waals surface area contributed by atoms with E-state index in [0.29, 0.717) is 0 Å². The molecular weight excluding hydrogens is 280 g/mol. The van der Waals surface area contributed by atoms with Crippen LogP contribution in [0, 0.1) is 0 Å². The largest absolute Gasteiger partial charge is 0.480 e. The number of amides is 1. The molecule has 0 aliphatic carbocycles. The van der Waals surface area contributed by atoms with E-state index < -0.39 is 30.3 Å². The highest BCUT2D eigenvalue weighted by Crippen LogP contribution is 2.28. The summed E-state index contributed by atoms with van der Waals surface area (Å²) in [5.74, 6) is -4.93. The van der Waals surface area contributed by atoms with Crippen molar-refractivity contribution in [1.29, 1.82) is 0 Å². The summed E-state index contributed by atoms with van der Waals surface area (Å²) in [5, 5.41) is 19.5. The van der Waals surface area contributed by atoms with Crippen molar-refractivity contribution in [2.45, 2.75) is 16.7 Å². The number of hydrogen-bond acceptors (Lipinski definition) is 4. The minimum atomic E-state index is -2.69. The van der Waals surface area contributed by atoms with Crippen LogP contribution in [0.3, 0.4) is 0 Å². The van der Waals surface area contributed by atoms with Crippen LogP contribution < -0.4 is 5.32 Å². The number of aliphatic carboxylic acids is 1. The molecule has 0 bridgehead atoms. The van der Waals surface area contributed by atoms with Gasteiger partial charge in [-0.05, 0) is 12.1 Å². The predicted molar refractivity (Wildman–Crippen MR) is 64.3 cm³/mol. The first-order valence-corrected chi connectivity index (χ1v) is 6.02. The van der Waals surface area contributed by atoms with Gasteiger partial charge in [0.1, 0.15) is 0 Å². The number of halogens is 2. The minimum Gasteiger partial charge on any atom is -0.480 e. The third kappa shape index (κ3) is 4.49. The number of aliphatic hydroxyl groups is 1. The fourth-order valence-corrected chi connectivity index (χ4v) is 1.91. The van der Waals surface area contributed by atoms with Gasteiger partial charge < -0.3 is 15.5 Å². The summed E-state index contributed by atoms with van der Waals surface area (Å²) in [4.78, 5) is 22.5. The maximum atomic E-state index is 12.3. The molecule has 0 aliphatic heterocycles. The van der Waals surface area contributed by atoms with E-state index in [1.54, 1.807) is 0 Å². The highest BCUT2D eigenvalue weighted by atomic mass is 32.2. The fraction of sp³-hybridized carbons (Fsp3) is 0.273. The number of benzene rings is 1. The number of carbonyl (C=O) groups is 2. The first-order valence-electron chi connectivity index (χ1n) is 5.14. The quantitative estimate of drug-likeness (QED) is 0.685. The predicted octanol–water partition coefficient (Wildman–Crippen LogP) is 1.18. The zero-order valence-corrected chi connectivity index (χ0v) is 10.4. The van der Waals surface area contributed by atoms with Crippen molar-refractivity contribution in [1.82, 2.24) is 5.32 Å². The molecule has 0 fully saturated rings. The molecule has 0 aromatic heterocycles. The Kier molecular flexibility index (Phi) is 5.71. The van der Waals surface area contributed by atoms with Gasteiger partial charge in [-0.2, -0.15) is 8.78 Å². The van der Waals surface area contributed by atoms with E-state index >= 15 is 0 Å². The van der Waals surface area contributed by atoms with Gasteiger partial charge in [0.25, 0.3) is 11.7 Å². The average Bonchev–Trinajstić information content (AvgIpc) is 2.35. The third-order valence-corrected chi connectivity index (χ3v) is 2.92.